The molecule has 0 unspecified atom stereocenters. The number of benzene rings is 2. The van der Waals surface area contributed by atoms with Gasteiger partial charge in [-0.05, 0) is 37.6 Å². The Bertz CT molecular complexity index is 994. The fourth-order valence-electron chi connectivity index (χ4n) is 2.52. The van der Waals surface area contributed by atoms with Crippen LogP contribution in [0.5, 0.6) is 0 Å². The summed E-state index contributed by atoms with van der Waals surface area (Å²) in [6.45, 7) is 2.99. The number of nitrogens with zero attached hydrogens (tertiary/aromatic N) is 2. The van der Waals surface area contributed by atoms with E-state index in [0.29, 0.717) is 5.56 Å². The molecule has 144 valence electrons. The van der Waals surface area contributed by atoms with Crippen molar-refractivity contribution in [1.82, 2.24) is 0 Å². The number of sulfonamides is 1. The molecule has 0 aromatic heterocycles. The molecule has 0 heterocycles. The third-order valence-electron chi connectivity index (χ3n) is 3.84. The standard InChI is InChI=1S/C17H18FN3O5S/c1-11-7-8-15(21(23)24)10-16(11)19-17(22)12(2)20(27(3,25)26)14-6-4-5-13(18)9-14/h4-10,12H,1-3H3,(H,19,22)/t12-/m0/s1. The van der Waals surface area contributed by atoms with Crippen molar-refractivity contribution >= 4 is 33.0 Å². The van der Waals surface area contributed by atoms with Crippen LogP contribution >= 0.6 is 0 Å². The van der Waals surface area contributed by atoms with E-state index in [1.54, 1.807) is 6.92 Å². The number of carbonyl (C=O) groups excluding carboxylic acids is 1. The maximum atomic E-state index is 13.5. The maximum Gasteiger partial charge on any atom is 0.271 e. The maximum absolute atomic E-state index is 13.5. The highest BCUT2D eigenvalue weighted by molar-refractivity contribution is 7.92. The number of nitro groups is 1. The number of amides is 1. The Kier molecular flexibility index (Phi) is 5.79. The number of anilines is 2. The topological polar surface area (TPSA) is 110 Å². The summed E-state index contributed by atoms with van der Waals surface area (Å²) in [7, 11) is -3.91. The molecule has 10 heteroatoms. The van der Waals surface area contributed by atoms with Crippen LogP contribution in [0.3, 0.4) is 0 Å². The molecule has 0 fully saturated rings. The molecule has 0 aliphatic carbocycles. The first-order valence-electron chi connectivity index (χ1n) is 7.81. The summed E-state index contributed by atoms with van der Waals surface area (Å²) in [5.41, 5.74) is 0.538. The molecule has 2 aromatic carbocycles. The molecule has 8 nitrogen and oxygen atoms in total. The minimum Gasteiger partial charge on any atom is -0.324 e. The van der Waals surface area contributed by atoms with Crippen molar-refractivity contribution in [3.8, 4) is 0 Å². The molecule has 27 heavy (non-hydrogen) atoms. The number of nitro benzene ring substituents is 1. The van der Waals surface area contributed by atoms with Crippen LogP contribution < -0.4 is 9.62 Å². The van der Waals surface area contributed by atoms with Crippen LogP contribution in [-0.4, -0.2) is 31.5 Å². The molecule has 0 aliphatic rings. The monoisotopic (exact) mass is 395 g/mol. The van der Waals surface area contributed by atoms with E-state index < -0.39 is 32.7 Å². The van der Waals surface area contributed by atoms with E-state index in [4.69, 9.17) is 0 Å². The highest BCUT2D eigenvalue weighted by atomic mass is 32.2. The van der Waals surface area contributed by atoms with Gasteiger partial charge in [-0.15, -0.1) is 0 Å². The average Bonchev–Trinajstić information content (AvgIpc) is 2.55. The Balaban J connectivity index is 2.36. The molecule has 1 amide bonds. The molecule has 1 N–H and O–H groups in total. The van der Waals surface area contributed by atoms with Gasteiger partial charge in [-0.2, -0.15) is 0 Å². The van der Waals surface area contributed by atoms with Crippen LogP contribution in [0.25, 0.3) is 0 Å². The van der Waals surface area contributed by atoms with Crippen LogP contribution in [0.1, 0.15) is 12.5 Å². The third-order valence-corrected chi connectivity index (χ3v) is 5.08. The van der Waals surface area contributed by atoms with E-state index in [-0.39, 0.29) is 17.1 Å². The van der Waals surface area contributed by atoms with Gasteiger partial charge in [0, 0.05) is 12.1 Å². The fraction of sp³-hybridized carbons (Fsp3) is 0.235. The Hall–Kier alpha value is -3.01. The Labute approximate surface area is 155 Å². The first-order chi connectivity index (χ1) is 12.5. The lowest BCUT2D eigenvalue weighted by Gasteiger charge is -2.28. The van der Waals surface area contributed by atoms with Crippen molar-refractivity contribution in [2.75, 3.05) is 15.9 Å². The first kappa shape index (κ1) is 20.3. The van der Waals surface area contributed by atoms with E-state index >= 15 is 0 Å². The lowest BCUT2D eigenvalue weighted by atomic mass is 10.1. The lowest BCUT2D eigenvalue weighted by molar-refractivity contribution is -0.384. The molecular weight excluding hydrogens is 377 g/mol. The molecular formula is C17H18FN3O5S. The number of hydrogen-bond acceptors (Lipinski definition) is 5. The highest BCUT2D eigenvalue weighted by Crippen LogP contribution is 2.25. The molecule has 0 aliphatic heterocycles. The van der Waals surface area contributed by atoms with Gasteiger partial charge >= 0.3 is 0 Å². The number of carbonyl (C=O) groups is 1. The predicted octanol–water partition coefficient (Wildman–Crippen LogP) is 2.84. The molecule has 2 aromatic rings. The quantitative estimate of drug-likeness (QED) is 0.597. The van der Waals surface area contributed by atoms with Gasteiger partial charge in [-0.1, -0.05) is 12.1 Å². The number of nitrogens with one attached hydrogen (secondary N) is 1. The SMILES string of the molecule is Cc1ccc([N+](=O)[O-])cc1NC(=O)[C@H](C)N(c1cccc(F)c1)S(C)(=O)=O. The van der Waals surface area contributed by atoms with Gasteiger partial charge in [-0.3, -0.25) is 19.2 Å². The van der Waals surface area contributed by atoms with Gasteiger partial charge in [-0.25, -0.2) is 12.8 Å². The van der Waals surface area contributed by atoms with Crippen molar-refractivity contribution in [1.29, 1.82) is 0 Å². The summed E-state index contributed by atoms with van der Waals surface area (Å²) >= 11 is 0. The van der Waals surface area contributed by atoms with Crippen LogP contribution in [0, 0.1) is 22.9 Å². The molecule has 0 spiro atoms. The van der Waals surface area contributed by atoms with Gasteiger partial charge in [0.15, 0.2) is 0 Å². The normalized spacial score (nSPS) is 12.3. The van der Waals surface area contributed by atoms with Gasteiger partial charge in [0.1, 0.15) is 11.9 Å². The second-order valence-electron chi connectivity index (χ2n) is 5.96. The van der Waals surface area contributed by atoms with Crippen LogP contribution in [0.15, 0.2) is 42.5 Å². The Morgan fingerprint density at radius 2 is 1.93 bits per heavy atom. The molecule has 0 bridgehead atoms. The van der Waals surface area contributed by atoms with E-state index in [9.17, 15) is 27.7 Å². The van der Waals surface area contributed by atoms with Gasteiger partial charge in [0.05, 0.1) is 22.6 Å². The van der Waals surface area contributed by atoms with Crippen molar-refractivity contribution in [3.63, 3.8) is 0 Å². The van der Waals surface area contributed by atoms with E-state index in [2.05, 4.69) is 5.32 Å². The molecule has 0 saturated heterocycles. The minimum absolute atomic E-state index is 0.00378. The average molecular weight is 395 g/mol. The summed E-state index contributed by atoms with van der Waals surface area (Å²) < 4.78 is 38.7. The number of halogens is 1. The van der Waals surface area contributed by atoms with Crippen molar-refractivity contribution in [2.45, 2.75) is 19.9 Å². The number of rotatable bonds is 6. The fourth-order valence-corrected chi connectivity index (χ4v) is 3.68. The zero-order valence-corrected chi connectivity index (χ0v) is 15.7. The van der Waals surface area contributed by atoms with E-state index in [1.165, 1.54) is 37.3 Å². The number of non-ortho nitro benzene ring substituents is 1. The first-order valence-corrected chi connectivity index (χ1v) is 9.66. The van der Waals surface area contributed by atoms with Gasteiger partial charge in [0.2, 0.25) is 15.9 Å². The van der Waals surface area contributed by atoms with Gasteiger partial charge in [0.25, 0.3) is 5.69 Å². The second-order valence-corrected chi connectivity index (χ2v) is 7.82. The van der Waals surface area contributed by atoms with Crippen molar-refractivity contribution < 1.29 is 22.5 Å². The second kappa shape index (κ2) is 7.70. The largest absolute Gasteiger partial charge is 0.324 e. The Morgan fingerprint density at radius 3 is 2.48 bits per heavy atom. The van der Waals surface area contributed by atoms with Gasteiger partial charge < -0.3 is 5.32 Å². The van der Waals surface area contributed by atoms with Crippen LogP contribution in [-0.2, 0) is 14.8 Å². The van der Waals surface area contributed by atoms with Crippen LogP contribution in [0.4, 0.5) is 21.5 Å². The summed E-state index contributed by atoms with van der Waals surface area (Å²) in [5, 5.41) is 13.4. The van der Waals surface area contributed by atoms with Crippen LogP contribution in [0.2, 0.25) is 0 Å². The summed E-state index contributed by atoms with van der Waals surface area (Å²) in [5.74, 6) is -1.36. The summed E-state index contributed by atoms with van der Waals surface area (Å²) in [4.78, 5) is 22.9. The Morgan fingerprint density at radius 1 is 1.26 bits per heavy atom. The van der Waals surface area contributed by atoms with Crippen molar-refractivity contribution in [2.24, 2.45) is 0 Å². The lowest BCUT2D eigenvalue weighted by Crippen LogP contribution is -2.45. The molecule has 0 saturated carbocycles. The molecule has 1 atom stereocenters. The predicted molar refractivity (Wildman–Crippen MR) is 99.6 cm³/mol. The molecule has 0 radical (unpaired) electrons. The number of aryl methyl sites for hydroxylation is 1. The summed E-state index contributed by atoms with van der Waals surface area (Å²) in [6, 6.07) is 7.59. The number of hydrogen-bond donors (Lipinski definition) is 1. The zero-order valence-electron chi connectivity index (χ0n) is 14.8. The van der Waals surface area contributed by atoms with Crippen molar-refractivity contribution in [3.05, 3.63) is 64.0 Å². The minimum atomic E-state index is -3.91. The molecule has 2 rings (SSSR count). The third kappa shape index (κ3) is 4.79. The van der Waals surface area contributed by atoms with E-state index in [1.807, 2.05) is 0 Å². The smallest absolute Gasteiger partial charge is 0.271 e. The summed E-state index contributed by atoms with van der Waals surface area (Å²) in [6.07, 6.45) is 0.903. The zero-order chi connectivity index (χ0) is 20.4. The van der Waals surface area contributed by atoms with E-state index in [0.717, 1.165) is 22.7 Å². The highest BCUT2D eigenvalue weighted by Gasteiger charge is 2.29.